The number of rotatable bonds is 9. The number of imidazole rings is 1. The number of hydrogen-bond acceptors (Lipinski definition) is 2. The number of H-pyrrole nitrogens is 1. The Kier molecular flexibility index (Phi) is 6.92. The zero-order valence-electron chi connectivity index (χ0n) is 9.76. The molecule has 2 N–H and O–H groups in total. The summed E-state index contributed by atoms with van der Waals surface area (Å²) in [5, 5.41) is 3.47. The highest BCUT2D eigenvalue weighted by molar-refractivity contribution is 4.86. The first kappa shape index (κ1) is 12.2. The fourth-order valence-corrected chi connectivity index (χ4v) is 1.62. The van der Waals surface area contributed by atoms with Gasteiger partial charge in [0.1, 0.15) is 5.82 Å². The number of aryl methyl sites for hydroxylation is 1. The van der Waals surface area contributed by atoms with Crippen LogP contribution in [0.25, 0.3) is 0 Å². The minimum atomic E-state index is 1.05. The molecule has 0 aliphatic rings. The first-order valence-electron chi connectivity index (χ1n) is 6.12. The van der Waals surface area contributed by atoms with Crippen molar-refractivity contribution in [2.75, 3.05) is 13.1 Å². The maximum atomic E-state index is 4.19. The lowest BCUT2D eigenvalue weighted by Crippen LogP contribution is -2.17. The van der Waals surface area contributed by atoms with Crippen molar-refractivity contribution >= 4 is 0 Å². The summed E-state index contributed by atoms with van der Waals surface area (Å²) in [5.41, 5.74) is 0. The van der Waals surface area contributed by atoms with Crippen LogP contribution in [0.2, 0.25) is 0 Å². The summed E-state index contributed by atoms with van der Waals surface area (Å²) < 4.78 is 0. The van der Waals surface area contributed by atoms with E-state index in [0.29, 0.717) is 0 Å². The summed E-state index contributed by atoms with van der Waals surface area (Å²) in [4.78, 5) is 7.31. The molecule has 0 spiro atoms. The van der Waals surface area contributed by atoms with Crippen molar-refractivity contribution < 1.29 is 0 Å². The lowest BCUT2D eigenvalue weighted by Gasteiger charge is -2.03. The Morgan fingerprint density at radius 3 is 2.80 bits per heavy atom. The van der Waals surface area contributed by atoms with Crippen molar-refractivity contribution in [1.82, 2.24) is 15.3 Å². The Morgan fingerprint density at radius 1 is 1.20 bits per heavy atom. The van der Waals surface area contributed by atoms with Crippen LogP contribution in [-0.2, 0) is 6.42 Å². The Balaban J connectivity index is 1.81. The molecule has 0 atom stereocenters. The van der Waals surface area contributed by atoms with E-state index in [2.05, 4.69) is 22.2 Å². The predicted octanol–water partition coefficient (Wildman–Crippen LogP) is 2.51. The Morgan fingerprint density at radius 2 is 2.07 bits per heavy atom. The number of unbranched alkanes of at least 4 members (excludes halogenated alkanes) is 3. The van der Waals surface area contributed by atoms with E-state index in [1.54, 1.807) is 0 Å². The molecule has 1 aromatic rings. The van der Waals surface area contributed by atoms with Crippen LogP contribution in [0.5, 0.6) is 0 Å². The minimum Gasteiger partial charge on any atom is -0.349 e. The van der Waals surface area contributed by atoms with Gasteiger partial charge in [0.2, 0.25) is 0 Å². The third kappa shape index (κ3) is 6.28. The van der Waals surface area contributed by atoms with Crippen molar-refractivity contribution in [2.45, 2.75) is 45.4 Å². The maximum absolute atomic E-state index is 4.19. The van der Waals surface area contributed by atoms with Gasteiger partial charge in [0.15, 0.2) is 0 Å². The summed E-state index contributed by atoms with van der Waals surface area (Å²) in [6.45, 7) is 4.52. The van der Waals surface area contributed by atoms with Crippen molar-refractivity contribution in [3.05, 3.63) is 18.2 Å². The second-order valence-corrected chi connectivity index (χ2v) is 3.95. The van der Waals surface area contributed by atoms with E-state index in [-0.39, 0.29) is 0 Å². The van der Waals surface area contributed by atoms with E-state index < -0.39 is 0 Å². The van der Waals surface area contributed by atoms with E-state index in [0.717, 1.165) is 25.3 Å². The van der Waals surface area contributed by atoms with Crippen LogP contribution < -0.4 is 5.32 Å². The van der Waals surface area contributed by atoms with Crippen molar-refractivity contribution in [2.24, 2.45) is 0 Å². The van der Waals surface area contributed by atoms with Gasteiger partial charge in [0, 0.05) is 18.8 Å². The highest BCUT2D eigenvalue weighted by atomic mass is 14.9. The standard InChI is InChI=1S/C12H23N3/c1-2-3-4-5-8-13-9-6-7-12-14-10-11-15-12/h10-11,13H,2-9H2,1H3,(H,14,15). The first-order chi connectivity index (χ1) is 7.43. The number of nitrogens with one attached hydrogen (secondary N) is 2. The molecule has 0 bridgehead atoms. The minimum absolute atomic E-state index is 1.05. The lowest BCUT2D eigenvalue weighted by molar-refractivity contribution is 0.582. The molecule has 1 rings (SSSR count). The molecule has 0 aliphatic heterocycles. The molecule has 0 saturated heterocycles. The Bertz CT molecular complexity index is 219. The van der Waals surface area contributed by atoms with E-state index in [1.807, 2.05) is 12.4 Å². The summed E-state index contributed by atoms with van der Waals surface area (Å²) in [6.07, 6.45) is 11.3. The van der Waals surface area contributed by atoms with Crippen LogP contribution in [0.15, 0.2) is 12.4 Å². The van der Waals surface area contributed by atoms with Gasteiger partial charge in [0.25, 0.3) is 0 Å². The predicted molar refractivity (Wildman–Crippen MR) is 63.9 cm³/mol. The monoisotopic (exact) mass is 209 g/mol. The third-order valence-corrected chi connectivity index (χ3v) is 2.53. The van der Waals surface area contributed by atoms with Gasteiger partial charge >= 0.3 is 0 Å². The quantitative estimate of drug-likeness (QED) is 0.614. The molecule has 0 radical (unpaired) electrons. The van der Waals surface area contributed by atoms with Crippen molar-refractivity contribution in [3.63, 3.8) is 0 Å². The maximum Gasteiger partial charge on any atom is 0.106 e. The van der Waals surface area contributed by atoms with Crippen molar-refractivity contribution in [1.29, 1.82) is 0 Å². The zero-order valence-corrected chi connectivity index (χ0v) is 9.76. The second kappa shape index (κ2) is 8.48. The summed E-state index contributed by atoms with van der Waals surface area (Å²) in [5.74, 6) is 1.10. The largest absolute Gasteiger partial charge is 0.349 e. The third-order valence-electron chi connectivity index (χ3n) is 2.53. The molecule has 0 aromatic carbocycles. The van der Waals surface area contributed by atoms with Gasteiger partial charge in [-0.1, -0.05) is 26.2 Å². The molecule has 0 unspecified atom stereocenters. The fourth-order valence-electron chi connectivity index (χ4n) is 1.62. The van der Waals surface area contributed by atoms with E-state index >= 15 is 0 Å². The van der Waals surface area contributed by atoms with Gasteiger partial charge in [-0.2, -0.15) is 0 Å². The molecule has 0 amide bonds. The average Bonchev–Trinajstić information content (AvgIpc) is 2.75. The van der Waals surface area contributed by atoms with Crippen LogP contribution >= 0.6 is 0 Å². The number of hydrogen-bond donors (Lipinski definition) is 2. The Hall–Kier alpha value is -0.830. The van der Waals surface area contributed by atoms with Crippen LogP contribution in [-0.4, -0.2) is 23.1 Å². The molecule has 0 fully saturated rings. The van der Waals surface area contributed by atoms with Crippen LogP contribution in [0.1, 0.15) is 44.9 Å². The van der Waals surface area contributed by atoms with E-state index in [1.165, 1.54) is 32.1 Å². The van der Waals surface area contributed by atoms with Gasteiger partial charge in [-0.3, -0.25) is 0 Å². The van der Waals surface area contributed by atoms with Gasteiger partial charge < -0.3 is 10.3 Å². The summed E-state index contributed by atoms with van der Waals surface area (Å²) >= 11 is 0. The topological polar surface area (TPSA) is 40.7 Å². The van der Waals surface area contributed by atoms with Crippen LogP contribution in [0, 0.1) is 0 Å². The van der Waals surface area contributed by atoms with Gasteiger partial charge in [-0.25, -0.2) is 4.98 Å². The van der Waals surface area contributed by atoms with Crippen LogP contribution in [0.3, 0.4) is 0 Å². The van der Waals surface area contributed by atoms with Crippen LogP contribution in [0.4, 0.5) is 0 Å². The molecule has 86 valence electrons. The van der Waals surface area contributed by atoms with Crippen molar-refractivity contribution in [3.8, 4) is 0 Å². The molecule has 1 aromatic heterocycles. The fraction of sp³-hybridized carbons (Fsp3) is 0.750. The molecule has 15 heavy (non-hydrogen) atoms. The van der Waals surface area contributed by atoms with Gasteiger partial charge in [0.05, 0.1) is 0 Å². The second-order valence-electron chi connectivity index (χ2n) is 3.95. The molecule has 1 heterocycles. The highest BCUT2D eigenvalue weighted by Crippen LogP contribution is 1.97. The normalized spacial score (nSPS) is 10.7. The molecule has 0 saturated carbocycles. The molecule has 0 aliphatic carbocycles. The highest BCUT2D eigenvalue weighted by Gasteiger charge is 1.94. The zero-order chi connectivity index (χ0) is 10.8. The molecular formula is C12H23N3. The summed E-state index contributed by atoms with van der Waals surface area (Å²) in [6, 6.07) is 0. The Labute approximate surface area is 92.7 Å². The summed E-state index contributed by atoms with van der Waals surface area (Å²) in [7, 11) is 0. The first-order valence-corrected chi connectivity index (χ1v) is 6.12. The van der Waals surface area contributed by atoms with Gasteiger partial charge in [-0.05, 0) is 25.9 Å². The molecule has 3 nitrogen and oxygen atoms in total. The average molecular weight is 209 g/mol. The lowest BCUT2D eigenvalue weighted by atomic mass is 10.2. The molecule has 3 heteroatoms. The molecular weight excluding hydrogens is 186 g/mol. The smallest absolute Gasteiger partial charge is 0.106 e. The van der Waals surface area contributed by atoms with Gasteiger partial charge in [-0.15, -0.1) is 0 Å². The van der Waals surface area contributed by atoms with E-state index in [9.17, 15) is 0 Å². The van der Waals surface area contributed by atoms with E-state index in [4.69, 9.17) is 0 Å². The SMILES string of the molecule is CCCCCCNCCCc1ncc[nH]1. The number of aromatic nitrogens is 2. The number of aromatic amines is 1. The number of nitrogens with zero attached hydrogens (tertiary/aromatic N) is 1.